The lowest BCUT2D eigenvalue weighted by molar-refractivity contribution is -0.122. The molecule has 0 saturated heterocycles. The first-order valence-electron chi connectivity index (χ1n) is 6.45. The number of hydrogen-bond donors (Lipinski definition) is 2. The van der Waals surface area contributed by atoms with E-state index in [0.717, 1.165) is 0 Å². The molecule has 3 N–H and O–H groups in total. The summed E-state index contributed by atoms with van der Waals surface area (Å²) in [7, 11) is 0. The smallest absolute Gasteiger partial charge is 0.265 e. The second-order valence-electron chi connectivity index (χ2n) is 4.68. The molecule has 2 aromatic carbocycles. The summed E-state index contributed by atoms with van der Waals surface area (Å²) >= 11 is 23.8. The maximum absolute atomic E-state index is 12.2. The monoisotopic (exact) mass is 392 g/mol. The molecule has 0 aliphatic heterocycles. The minimum Gasteiger partial charge on any atom is -0.479 e. The van der Waals surface area contributed by atoms with E-state index < -0.39 is 12.0 Å². The van der Waals surface area contributed by atoms with Gasteiger partial charge in [0.05, 0.1) is 26.4 Å². The van der Waals surface area contributed by atoms with Crippen LogP contribution in [0.25, 0.3) is 0 Å². The van der Waals surface area contributed by atoms with Gasteiger partial charge in [0.2, 0.25) is 0 Å². The van der Waals surface area contributed by atoms with E-state index in [0.29, 0.717) is 32.2 Å². The summed E-state index contributed by atoms with van der Waals surface area (Å²) in [5.41, 5.74) is 6.30. The fraction of sp³-hybridized carbons (Fsp3) is 0.133. The Morgan fingerprint density at radius 1 is 1.09 bits per heavy atom. The highest BCUT2D eigenvalue weighted by Gasteiger charge is 2.18. The van der Waals surface area contributed by atoms with Gasteiger partial charge in [0.25, 0.3) is 5.91 Å². The molecule has 0 bridgehead atoms. The van der Waals surface area contributed by atoms with Gasteiger partial charge in [-0.2, -0.15) is 0 Å². The zero-order valence-electron chi connectivity index (χ0n) is 11.9. The van der Waals surface area contributed by atoms with Crippen LogP contribution in [0, 0.1) is 0 Å². The van der Waals surface area contributed by atoms with Crippen molar-refractivity contribution in [3.05, 3.63) is 50.4 Å². The Balaban J connectivity index is 2.10. The van der Waals surface area contributed by atoms with Gasteiger partial charge in [0, 0.05) is 5.02 Å². The molecule has 8 heteroatoms. The molecule has 0 aromatic heterocycles. The highest BCUT2D eigenvalue weighted by atomic mass is 35.5. The predicted octanol–water partition coefficient (Wildman–Crippen LogP) is 5.29. The Morgan fingerprint density at radius 3 is 2.43 bits per heavy atom. The molecule has 2 aromatic rings. The highest BCUT2D eigenvalue weighted by Crippen LogP contribution is 2.31. The van der Waals surface area contributed by atoms with Crippen LogP contribution in [0.3, 0.4) is 0 Å². The van der Waals surface area contributed by atoms with E-state index in [4.69, 9.17) is 56.9 Å². The summed E-state index contributed by atoms with van der Waals surface area (Å²) < 4.78 is 5.52. The van der Waals surface area contributed by atoms with Gasteiger partial charge in [-0.15, -0.1) is 0 Å². The van der Waals surface area contributed by atoms with Crippen LogP contribution in [0.1, 0.15) is 6.92 Å². The molecule has 0 unspecified atom stereocenters. The first kappa shape index (κ1) is 18.0. The number of benzene rings is 2. The number of nitrogens with one attached hydrogen (secondary N) is 1. The van der Waals surface area contributed by atoms with Crippen LogP contribution in [-0.4, -0.2) is 12.0 Å². The zero-order valence-corrected chi connectivity index (χ0v) is 14.9. The van der Waals surface area contributed by atoms with Crippen LogP contribution >= 0.6 is 46.4 Å². The molecule has 1 atom stereocenters. The fourth-order valence-electron chi connectivity index (χ4n) is 1.71. The van der Waals surface area contributed by atoms with E-state index in [1.54, 1.807) is 19.1 Å². The molecular weight excluding hydrogens is 382 g/mol. The fourth-order valence-corrected chi connectivity index (χ4v) is 2.54. The third kappa shape index (κ3) is 4.58. The van der Waals surface area contributed by atoms with Gasteiger partial charge in [0.1, 0.15) is 5.75 Å². The Morgan fingerprint density at radius 2 is 1.78 bits per heavy atom. The Labute approximate surface area is 153 Å². The molecule has 4 nitrogen and oxygen atoms in total. The third-order valence-electron chi connectivity index (χ3n) is 2.91. The lowest BCUT2D eigenvalue weighted by Gasteiger charge is -2.16. The minimum absolute atomic E-state index is 0.275. The summed E-state index contributed by atoms with van der Waals surface area (Å²) in [5, 5.41) is 3.98. The average molecular weight is 394 g/mol. The van der Waals surface area contributed by atoms with Crippen molar-refractivity contribution in [3.8, 4) is 5.75 Å². The lowest BCUT2D eigenvalue weighted by Crippen LogP contribution is -2.30. The summed E-state index contributed by atoms with van der Waals surface area (Å²) in [5.74, 6) is -0.0705. The van der Waals surface area contributed by atoms with Crippen molar-refractivity contribution in [2.45, 2.75) is 13.0 Å². The molecule has 0 heterocycles. The van der Waals surface area contributed by atoms with Crippen LogP contribution in [0.4, 0.5) is 11.4 Å². The normalized spacial score (nSPS) is 11.9. The highest BCUT2D eigenvalue weighted by molar-refractivity contribution is 6.37. The standard InChI is InChI=1S/C15H12Cl4N2O2/c1-7(23-14-3-2-8(16)4-11(14)19)15(22)21-13-6-9(17)12(20)5-10(13)18/h2-7H,20H2,1H3,(H,21,22)/t7-/m1/s1. The number of halogens is 4. The van der Waals surface area contributed by atoms with Gasteiger partial charge in [-0.25, -0.2) is 0 Å². The first-order chi connectivity index (χ1) is 10.8. The van der Waals surface area contributed by atoms with Crippen molar-refractivity contribution in [3.63, 3.8) is 0 Å². The molecule has 122 valence electrons. The van der Waals surface area contributed by atoms with Crippen LogP contribution in [0.15, 0.2) is 30.3 Å². The van der Waals surface area contributed by atoms with Gasteiger partial charge >= 0.3 is 0 Å². The topological polar surface area (TPSA) is 64.3 Å². The van der Waals surface area contributed by atoms with E-state index in [1.165, 1.54) is 18.2 Å². The van der Waals surface area contributed by atoms with E-state index >= 15 is 0 Å². The zero-order chi connectivity index (χ0) is 17.1. The minimum atomic E-state index is -0.818. The number of nitrogens with two attached hydrogens (primary N) is 1. The second-order valence-corrected chi connectivity index (χ2v) is 6.34. The van der Waals surface area contributed by atoms with Gasteiger partial charge in [-0.3, -0.25) is 4.79 Å². The number of amides is 1. The number of carbonyl (C=O) groups excluding carboxylic acids is 1. The number of rotatable bonds is 4. The van der Waals surface area contributed by atoms with Crippen molar-refractivity contribution < 1.29 is 9.53 Å². The first-order valence-corrected chi connectivity index (χ1v) is 7.96. The number of ether oxygens (including phenoxy) is 1. The molecule has 2 rings (SSSR count). The maximum Gasteiger partial charge on any atom is 0.265 e. The van der Waals surface area contributed by atoms with Crippen LogP contribution < -0.4 is 15.8 Å². The van der Waals surface area contributed by atoms with Gasteiger partial charge in [0.15, 0.2) is 6.10 Å². The largest absolute Gasteiger partial charge is 0.479 e. The van der Waals surface area contributed by atoms with Crippen molar-refractivity contribution in [2.24, 2.45) is 0 Å². The summed E-state index contributed by atoms with van der Waals surface area (Å²) in [6, 6.07) is 7.66. The summed E-state index contributed by atoms with van der Waals surface area (Å²) in [4.78, 5) is 12.2. The van der Waals surface area contributed by atoms with Crippen molar-refractivity contribution in [1.82, 2.24) is 0 Å². The molecule has 23 heavy (non-hydrogen) atoms. The maximum atomic E-state index is 12.2. The summed E-state index contributed by atoms with van der Waals surface area (Å²) in [6.45, 7) is 1.58. The Kier molecular flexibility index (Phi) is 5.87. The number of nitrogen functional groups attached to an aromatic ring is 1. The van der Waals surface area contributed by atoms with E-state index in [2.05, 4.69) is 5.32 Å². The number of hydrogen-bond acceptors (Lipinski definition) is 3. The van der Waals surface area contributed by atoms with Crippen LogP contribution in [0.5, 0.6) is 5.75 Å². The van der Waals surface area contributed by atoms with Crippen LogP contribution in [-0.2, 0) is 4.79 Å². The average Bonchev–Trinajstić information content (AvgIpc) is 2.47. The number of carbonyl (C=O) groups is 1. The molecule has 0 spiro atoms. The molecule has 0 aliphatic carbocycles. The molecule has 0 fully saturated rings. The van der Waals surface area contributed by atoms with Gasteiger partial charge < -0.3 is 15.8 Å². The van der Waals surface area contributed by atoms with Crippen molar-refractivity contribution in [1.29, 1.82) is 0 Å². The molecule has 1 amide bonds. The third-order valence-corrected chi connectivity index (χ3v) is 4.08. The predicted molar refractivity (Wildman–Crippen MR) is 96.1 cm³/mol. The Hall–Kier alpha value is -1.33. The molecule has 0 aliphatic rings. The quantitative estimate of drug-likeness (QED) is 0.693. The van der Waals surface area contributed by atoms with Crippen molar-refractivity contribution in [2.75, 3.05) is 11.1 Å². The molecule has 0 radical (unpaired) electrons. The van der Waals surface area contributed by atoms with Gasteiger partial charge in [-0.1, -0.05) is 46.4 Å². The van der Waals surface area contributed by atoms with E-state index in [1.807, 2.05) is 0 Å². The molecule has 0 saturated carbocycles. The van der Waals surface area contributed by atoms with E-state index in [-0.39, 0.29) is 5.02 Å². The SMILES string of the molecule is C[C@@H](Oc1ccc(Cl)cc1Cl)C(=O)Nc1cc(Cl)c(N)cc1Cl. The Bertz CT molecular complexity index is 752. The molecular formula is C15H12Cl4N2O2. The van der Waals surface area contributed by atoms with E-state index in [9.17, 15) is 4.79 Å². The van der Waals surface area contributed by atoms with Crippen molar-refractivity contribution >= 4 is 63.7 Å². The van der Waals surface area contributed by atoms with Crippen LogP contribution in [0.2, 0.25) is 20.1 Å². The second kappa shape index (κ2) is 7.49. The van der Waals surface area contributed by atoms with Gasteiger partial charge in [-0.05, 0) is 37.3 Å². The number of anilines is 2. The summed E-state index contributed by atoms with van der Waals surface area (Å²) in [6.07, 6.45) is -0.818. The lowest BCUT2D eigenvalue weighted by atomic mass is 10.2.